The van der Waals surface area contributed by atoms with Crippen molar-refractivity contribution in [1.29, 1.82) is 0 Å². The summed E-state index contributed by atoms with van der Waals surface area (Å²) < 4.78 is 38.6. The van der Waals surface area contributed by atoms with Gasteiger partial charge in [0.2, 0.25) is 11.8 Å². The molecule has 0 atom stereocenters. The number of hydrogen-bond acceptors (Lipinski definition) is 3. The average molecular weight is 380 g/mol. The Morgan fingerprint density at radius 1 is 1.24 bits per heavy atom. The zero-order chi connectivity index (χ0) is 19.2. The van der Waals surface area contributed by atoms with E-state index in [2.05, 4.69) is 5.32 Å². The first kappa shape index (κ1) is 21.2. The molecule has 0 fully saturated rings. The van der Waals surface area contributed by atoms with Crippen LogP contribution in [0.1, 0.15) is 18.9 Å². The van der Waals surface area contributed by atoms with Crippen molar-refractivity contribution in [2.75, 3.05) is 38.6 Å². The molecule has 0 heterocycles. The predicted molar refractivity (Wildman–Crippen MR) is 90.7 cm³/mol. The molecule has 0 saturated carbocycles. The highest BCUT2D eigenvalue weighted by Crippen LogP contribution is 2.35. The minimum atomic E-state index is -4.57. The van der Waals surface area contributed by atoms with Crippen molar-refractivity contribution in [3.63, 3.8) is 0 Å². The van der Waals surface area contributed by atoms with Crippen LogP contribution in [0.4, 0.5) is 18.9 Å². The molecule has 1 aromatic carbocycles. The maximum Gasteiger partial charge on any atom is 0.416 e. The number of carbonyl (C=O) groups is 2. The topological polar surface area (TPSA) is 52.7 Å². The van der Waals surface area contributed by atoms with Crippen LogP contribution in [-0.2, 0) is 15.8 Å². The number of halogens is 4. The number of nitrogens with zero attached hydrogens (tertiary/aromatic N) is 2. The molecule has 2 amide bonds. The van der Waals surface area contributed by atoms with Gasteiger partial charge in [0.1, 0.15) is 6.54 Å². The highest BCUT2D eigenvalue weighted by atomic mass is 35.5. The zero-order valence-electron chi connectivity index (χ0n) is 14.3. The Morgan fingerprint density at radius 3 is 2.40 bits per heavy atom. The first-order valence-corrected chi connectivity index (χ1v) is 7.96. The second-order valence-electron chi connectivity index (χ2n) is 5.78. The van der Waals surface area contributed by atoms with Gasteiger partial charge >= 0.3 is 6.18 Å². The van der Waals surface area contributed by atoms with E-state index in [0.717, 1.165) is 36.6 Å². The number of anilines is 1. The summed E-state index contributed by atoms with van der Waals surface area (Å²) in [6.45, 7) is 1.93. The molecule has 9 heteroatoms. The van der Waals surface area contributed by atoms with Crippen LogP contribution >= 0.6 is 11.6 Å². The number of alkyl halides is 3. The Bertz CT molecular complexity index is 621. The third-order valence-electron chi connectivity index (χ3n) is 3.35. The molecule has 0 radical (unpaired) electrons. The normalized spacial score (nSPS) is 11.5. The van der Waals surface area contributed by atoms with Gasteiger partial charge in [0.05, 0.1) is 16.3 Å². The molecular formula is C16H21ClF3N3O2. The lowest BCUT2D eigenvalue weighted by Crippen LogP contribution is -2.40. The van der Waals surface area contributed by atoms with E-state index < -0.39 is 30.1 Å². The average Bonchev–Trinajstić information content (AvgIpc) is 2.48. The van der Waals surface area contributed by atoms with E-state index in [-0.39, 0.29) is 10.7 Å². The van der Waals surface area contributed by atoms with Crippen molar-refractivity contribution < 1.29 is 22.8 Å². The summed E-state index contributed by atoms with van der Waals surface area (Å²) in [5.41, 5.74) is -1.09. The molecule has 5 nitrogen and oxygen atoms in total. The molecule has 0 aliphatic carbocycles. The first-order valence-electron chi connectivity index (χ1n) is 7.58. The SMILES string of the molecule is CC(=O)N(CC(=O)NCCCN(C)C)c1cc(C(F)(F)F)ccc1Cl. The van der Waals surface area contributed by atoms with E-state index in [9.17, 15) is 22.8 Å². The standard InChI is InChI=1S/C16H21ClF3N3O2/c1-11(24)23(10-15(25)21-7-4-8-22(2)3)14-9-12(16(18,19)20)5-6-13(14)17/h5-6,9H,4,7-8,10H2,1-3H3,(H,21,25). The number of benzene rings is 1. The number of carbonyl (C=O) groups excluding carboxylic acids is 2. The fraction of sp³-hybridized carbons (Fsp3) is 0.500. The molecule has 0 saturated heterocycles. The van der Waals surface area contributed by atoms with Crippen LogP contribution in [0.5, 0.6) is 0 Å². The molecule has 0 aromatic heterocycles. The summed E-state index contributed by atoms with van der Waals surface area (Å²) in [6, 6.07) is 2.65. The maximum absolute atomic E-state index is 12.9. The van der Waals surface area contributed by atoms with E-state index in [1.165, 1.54) is 0 Å². The lowest BCUT2D eigenvalue weighted by Gasteiger charge is -2.23. The van der Waals surface area contributed by atoms with Crippen LogP contribution in [0.25, 0.3) is 0 Å². The number of hydrogen-bond donors (Lipinski definition) is 1. The van der Waals surface area contributed by atoms with Crippen molar-refractivity contribution in [1.82, 2.24) is 10.2 Å². The Hall–Kier alpha value is -1.80. The van der Waals surface area contributed by atoms with Crippen LogP contribution in [0.2, 0.25) is 5.02 Å². The minimum absolute atomic E-state index is 0.0383. The van der Waals surface area contributed by atoms with Crippen molar-refractivity contribution >= 4 is 29.1 Å². The summed E-state index contributed by atoms with van der Waals surface area (Å²) in [7, 11) is 3.80. The molecular weight excluding hydrogens is 359 g/mol. The number of rotatable bonds is 7. The highest BCUT2D eigenvalue weighted by molar-refractivity contribution is 6.34. The molecule has 1 N–H and O–H groups in total. The van der Waals surface area contributed by atoms with Gasteiger partial charge in [0.15, 0.2) is 0 Å². The van der Waals surface area contributed by atoms with Gasteiger partial charge in [0.25, 0.3) is 0 Å². The van der Waals surface area contributed by atoms with Gasteiger partial charge in [0, 0.05) is 13.5 Å². The molecule has 25 heavy (non-hydrogen) atoms. The van der Waals surface area contributed by atoms with Gasteiger partial charge in [-0.1, -0.05) is 11.6 Å². The van der Waals surface area contributed by atoms with Gasteiger partial charge in [-0.2, -0.15) is 13.2 Å². The first-order chi connectivity index (χ1) is 11.5. The minimum Gasteiger partial charge on any atom is -0.355 e. The fourth-order valence-electron chi connectivity index (χ4n) is 2.08. The third-order valence-corrected chi connectivity index (χ3v) is 3.67. The lowest BCUT2D eigenvalue weighted by molar-refractivity contribution is -0.137. The smallest absolute Gasteiger partial charge is 0.355 e. The quantitative estimate of drug-likeness (QED) is 0.741. The van der Waals surface area contributed by atoms with Gasteiger partial charge in [-0.25, -0.2) is 0 Å². The van der Waals surface area contributed by atoms with Crippen LogP contribution in [-0.4, -0.2) is 50.4 Å². The largest absolute Gasteiger partial charge is 0.416 e. The van der Waals surface area contributed by atoms with Gasteiger partial charge < -0.3 is 15.1 Å². The highest BCUT2D eigenvalue weighted by Gasteiger charge is 2.32. The van der Waals surface area contributed by atoms with E-state index in [1.54, 1.807) is 0 Å². The van der Waals surface area contributed by atoms with E-state index >= 15 is 0 Å². The molecule has 0 unspecified atom stereocenters. The Balaban J connectivity index is 2.87. The van der Waals surface area contributed by atoms with Gasteiger partial charge in [-0.05, 0) is 45.3 Å². The Morgan fingerprint density at radius 2 is 1.88 bits per heavy atom. The lowest BCUT2D eigenvalue weighted by atomic mass is 10.1. The number of nitrogens with one attached hydrogen (secondary N) is 1. The van der Waals surface area contributed by atoms with E-state index in [1.807, 2.05) is 19.0 Å². The summed E-state index contributed by atoms with van der Waals surface area (Å²) in [5.74, 6) is -1.05. The monoisotopic (exact) mass is 379 g/mol. The van der Waals surface area contributed by atoms with Crippen LogP contribution in [0.3, 0.4) is 0 Å². The van der Waals surface area contributed by atoms with Crippen LogP contribution < -0.4 is 10.2 Å². The summed E-state index contributed by atoms with van der Waals surface area (Å²) >= 11 is 5.93. The van der Waals surface area contributed by atoms with Crippen molar-refractivity contribution in [2.45, 2.75) is 19.5 Å². The van der Waals surface area contributed by atoms with Gasteiger partial charge in [-0.15, -0.1) is 0 Å². The number of amides is 2. The summed E-state index contributed by atoms with van der Waals surface area (Å²) in [5, 5.41) is 2.59. The molecule has 0 aliphatic rings. The van der Waals surface area contributed by atoms with Crippen molar-refractivity contribution in [3.8, 4) is 0 Å². The van der Waals surface area contributed by atoms with Gasteiger partial charge in [-0.3, -0.25) is 9.59 Å². The van der Waals surface area contributed by atoms with Crippen molar-refractivity contribution in [3.05, 3.63) is 28.8 Å². The fourth-order valence-corrected chi connectivity index (χ4v) is 2.30. The Kier molecular flexibility index (Phi) is 7.69. The predicted octanol–water partition coefficient (Wildman–Crippen LogP) is 2.78. The van der Waals surface area contributed by atoms with E-state index in [0.29, 0.717) is 13.0 Å². The molecule has 140 valence electrons. The second kappa shape index (κ2) is 9.05. The van der Waals surface area contributed by atoms with Crippen LogP contribution in [0.15, 0.2) is 18.2 Å². The molecule has 1 aromatic rings. The third kappa shape index (κ3) is 6.91. The van der Waals surface area contributed by atoms with Crippen molar-refractivity contribution in [2.24, 2.45) is 0 Å². The Labute approximate surface area is 149 Å². The summed E-state index contributed by atoms with van der Waals surface area (Å²) in [4.78, 5) is 26.7. The molecule has 0 bridgehead atoms. The zero-order valence-corrected chi connectivity index (χ0v) is 15.0. The second-order valence-corrected chi connectivity index (χ2v) is 6.18. The maximum atomic E-state index is 12.9. The molecule has 0 aliphatic heterocycles. The molecule has 1 rings (SSSR count). The van der Waals surface area contributed by atoms with Crippen LogP contribution in [0, 0.1) is 0 Å². The van der Waals surface area contributed by atoms with E-state index in [4.69, 9.17) is 11.6 Å². The molecule has 0 spiro atoms. The summed E-state index contributed by atoms with van der Waals surface area (Å²) in [6.07, 6.45) is -3.86.